The Morgan fingerprint density at radius 2 is 2.20 bits per heavy atom. The highest BCUT2D eigenvalue weighted by Gasteiger charge is 2.40. The molecule has 3 heterocycles. The molecule has 0 saturated carbocycles. The van der Waals surface area contributed by atoms with E-state index in [0.717, 1.165) is 23.5 Å². The van der Waals surface area contributed by atoms with Gasteiger partial charge < -0.3 is 14.2 Å². The molecule has 3 rings (SSSR count). The number of rotatable bonds is 5. The molecule has 0 aromatic carbocycles. The molecule has 1 fully saturated rings. The molecule has 25 heavy (non-hydrogen) atoms. The van der Waals surface area contributed by atoms with Crippen molar-refractivity contribution in [3.05, 3.63) is 29.2 Å². The van der Waals surface area contributed by atoms with Crippen LogP contribution in [0.3, 0.4) is 0 Å². The molecule has 1 saturated heterocycles. The predicted molar refractivity (Wildman–Crippen MR) is 90.1 cm³/mol. The Kier molecular flexibility index (Phi) is 4.64. The van der Waals surface area contributed by atoms with Crippen LogP contribution in [-0.2, 0) is 14.9 Å². The molecule has 2 aromatic heterocycles. The third kappa shape index (κ3) is 3.18. The van der Waals surface area contributed by atoms with E-state index in [1.165, 1.54) is 6.33 Å². The van der Waals surface area contributed by atoms with E-state index in [4.69, 9.17) is 9.26 Å². The fraction of sp³-hybridized carbons (Fsp3) is 0.647. The summed E-state index contributed by atoms with van der Waals surface area (Å²) in [5, 5.41) is 10.8. The summed E-state index contributed by atoms with van der Waals surface area (Å²) in [6, 6.07) is 0. The van der Waals surface area contributed by atoms with Crippen LogP contribution < -0.4 is 0 Å². The third-order valence-electron chi connectivity index (χ3n) is 4.99. The molecular formula is C17H25N5O3. The zero-order chi connectivity index (χ0) is 18.2. The van der Waals surface area contributed by atoms with Gasteiger partial charge in [0.1, 0.15) is 17.9 Å². The summed E-state index contributed by atoms with van der Waals surface area (Å²) in [5.74, 6) is 1.63. The number of carbonyl (C=O) groups is 1. The van der Waals surface area contributed by atoms with Crippen LogP contribution in [0.15, 0.2) is 10.9 Å². The number of likely N-dealkylation sites (N-methyl/N-ethyl adjacent to an activating group) is 1. The summed E-state index contributed by atoms with van der Waals surface area (Å²) in [6.07, 6.45) is 2.28. The lowest BCUT2D eigenvalue weighted by atomic mass is 9.82. The molecule has 1 amide bonds. The number of aromatic nitrogens is 4. The van der Waals surface area contributed by atoms with Crippen LogP contribution in [0.2, 0.25) is 0 Å². The second-order valence-electron chi connectivity index (χ2n) is 7.18. The average Bonchev–Trinajstić information content (AvgIpc) is 3.27. The second-order valence-corrected chi connectivity index (χ2v) is 7.18. The van der Waals surface area contributed by atoms with Crippen molar-refractivity contribution in [3.63, 3.8) is 0 Å². The number of hydrogen-bond donors (Lipinski definition) is 1. The van der Waals surface area contributed by atoms with Crippen molar-refractivity contribution < 1.29 is 14.1 Å². The van der Waals surface area contributed by atoms with Crippen LogP contribution >= 0.6 is 0 Å². The first-order valence-electron chi connectivity index (χ1n) is 8.48. The number of nitrogens with zero attached hydrogens (tertiary/aromatic N) is 4. The largest absolute Gasteiger partial charge is 0.376 e. The molecule has 1 aliphatic rings. The van der Waals surface area contributed by atoms with Crippen molar-refractivity contribution in [2.24, 2.45) is 0 Å². The van der Waals surface area contributed by atoms with Crippen molar-refractivity contribution in [2.75, 3.05) is 20.2 Å². The lowest BCUT2D eigenvalue weighted by Gasteiger charge is -2.31. The Morgan fingerprint density at radius 3 is 2.80 bits per heavy atom. The van der Waals surface area contributed by atoms with E-state index in [9.17, 15) is 4.79 Å². The summed E-state index contributed by atoms with van der Waals surface area (Å²) in [5.41, 5.74) is 0.882. The minimum Gasteiger partial charge on any atom is -0.376 e. The number of hydrogen-bond acceptors (Lipinski definition) is 6. The van der Waals surface area contributed by atoms with Gasteiger partial charge in [-0.3, -0.25) is 9.89 Å². The minimum absolute atomic E-state index is 0.00807. The third-order valence-corrected chi connectivity index (χ3v) is 4.99. The monoisotopic (exact) mass is 347 g/mol. The van der Waals surface area contributed by atoms with E-state index in [1.807, 2.05) is 27.7 Å². The van der Waals surface area contributed by atoms with Gasteiger partial charge in [0.05, 0.1) is 17.2 Å². The smallest absolute Gasteiger partial charge is 0.232 e. The summed E-state index contributed by atoms with van der Waals surface area (Å²) < 4.78 is 11.1. The highest BCUT2D eigenvalue weighted by molar-refractivity contribution is 5.87. The molecule has 8 nitrogen and oxygen atoms in total. The van der Waals surface area contributed by atoms with Gasteiger partial charge in [-0.2, -0.15) is 5.10 Å². The zero-order valence-electron chi connectivity index (χ0n) is 15.4. The van der Waals surface area contributed by atoms with Crippen molar-refractivity contribution >= 4 is 5.91 Å². The topological polar surface area (TPSA) is 97.1 Å². The maximum Gasteiger partial charge on any atom is 0.232 e. The van der Waals surface area contributed by atoms with Crippen molar-refractivity contribution in [2.45, 2.75) is 51.6 Å². The van der Waals surface area contributed by atoms with Crippen molar-refractivity contribution in [1.29, 1.82) is 0 Å². The van der Waals surface area contributed by atoms with E-state index in [1.54, 1.807) is 11.9 Å². The fourth-order valence-corrected chi connectivity index (χ4v) is 3.85. The van der Waals surface area contributed by atoms with Crippen LogP contribution in [0, 0.1) is 13.8 Å². The SMILES string of the molecule is Cc1noc(C)c1C(C)(C)C(=O)N(C)C[C@H]1OCC[C@H]1c1ncn[nH]1. The van der Waals surface area contributed by atoms with Gasteiger partial charge in [0.2, 0.25) is 5.91 Å². The Labute approximate surface area is 146 Å². The molecule has 8 heteroatoms. The second kappa shape index (κ2) is 6.59. The van der Waals surface area contributed by atoms with Gasteiger partial charge in [0.15, 0.2) is 0 Å². The Morgan fingerprint density at radius 1 is 1.44 bits per heavy atom. The number of aryl methyl sites for hydroxylation is 2. The van der Waals surface area contributed by atoms with Crippen LogP contribution in [-0.4, -0.2) is 57.4 Å². The lowest BCUT2D eigenvalue weighted by Crippen LogP contribution is -2.45. The number of carbonyl (C=O) groups excluding carboxylic acids is 1. The molecule has 0 aliphatic carbocycles. The van der Waals surface area contributed by atoms with E-state index < -0.39 is 5.41 Å². The highest BCUT2D eigenvalue weighted by Crippen LogP contribution is 2.33. The first-order valence-corrected chi connectivity index (χ1v) is 8.48. The quantitative estimate of drug-likeness (QED) is 0.884. The molecule has 0 spiro atoms. The van der Waals surface area contributed by atoms with Crippen LogP contribution in [0.5, 0.6) is 0 Å². The predicted octanol–water partition coefficient (Wildman–Crippen LogP) is 1.72. The Hall–Kier alpha value is -2.22. The molecule has 0 bridgehead atoms. The molecule has 136 valence electrons. The molecular weight excluding hydrogens is 322 g/mol. The average molecular weight is 347 g/mol. The number of amides is 1. The standard InChI is InChI=1S/C17H25N5O3/c1-10-14(11(2)25-21-10)17(3,4)16(23)22(5)8-13-12(6-7-24-13)15-18-9-19-20-15/h9,12-13H,6-8H2,1-5H3,(H,18,19,20)/t12-,13-/m1/s1. The van der Waals surface area contributed by atoms with E-state index in [-0.39, 0.29) is 17.9 Å². The minimum atomic E-state index is -0.719. The number of aromatic amines is 1. The van der Waals surface area contributed by atoms with Crippen molar-refractivity contribution in [1.82, 2.24) is 25.2 Å². The first kappa shape index (κ1) is 17.6. The number of H-pyrrole nitrogens is 1. The maximum atomic E-state index is 13.1. The number of ether oxygens (including phenoxy) is 1. The molecule has 1 N–H and O–H groups in total. The molecule has 2 atom stereocenters. The summed E-state index contributed by atoms with van der Waals surface area (Å²) in [4.78, 5) is 19.1. The Bertz CT molecular complexity index is 718. The van der Waals surface area contributed by atoms with Crippen LogP contribution in [0.25, 0.3) is 0 Å². The van der Waals surface area contributed by atoms with E-state index in [0.29, 0.717) is 18.9 Å². The molecule has 1 aliphatic heterocycles. The summed E-state index contributed by atoms with van der Waals surface area (Å²) >= 11 is 0. The lowest BCUT2D eigenvalue weighted by molar-refractivity contribution is -0.136. The molecule has 2 aromatic rings. The first-order chi connectivity index (χ1) is 11.8. The van der Waals surface area contributed by atoms with Gasteiger partial charge in [-0.15, -0.1) is 0 Å². The zero-order valence-corrected chi connectivity index (χ0v) is 15.4. The summed E-state index contributed by atoms with van der Waals surface area (Å²) in [7, 11) is 1.81. The fourth-order valence-electron chi connectivity index (χ4n) is 3.85. The van der Waals surface area contributed by atoms with Gasteiger partial charge in [-0.25, -0.2) is 4.98 Å². The van der Waals surface area contributed by atoms with Gasteiger partial charge in [-0.05, 0) is 34.1 Å². The van der Waals surface area contributed by atoms with E-state index >= 15 is 0 Å². The van der Waals surface area contributed by atoms with Gasteiger partial charge in [-0.1, -0.05) is 5.16 Å². The van der Waals surface area contributed by atoms with Crippen LogP contribution in [0.1, 0.15) is 49.0 Å². The normalized spacial score (nSPS) is 20.8. The van der Waals surface area contributed by atoms with Crippen LogP contribution in [0.4, 0.5) is 0 Å². The van der Waals surface area contributed by atoms with E-state index in [2.05, 4.69) is 20.3 Å². The molecule has 0 radical (unpaired) electrons. The van der Waals surface area contributed by atoms with Gasteiger partial charge in [0, 0.05) is 31.7 Å². The molecule has 0 unspecified atom stereocenters. The van der Waals surface area contributed by atoms with Gasteiger partial charge >= 0.3 is 0 Å². The number of nitrogens with one attached hydrogen (secondary N) is 1. The Balaban J connectivity index is 1.74. The summed E-state index contributed by atoms with van der Waals surface area (Å²) in [6.45, 7) is 8.66. The maximum absolute atomic E-state index is 13.1. The van der Waals surface area contributed by atoms with Gasteiger partial charge in [0.25, 0.3) is 0 Å². The van der Waals surface area contributed by atoms with Crippen molar-refractivity contribution in [3.8, 4) is 0 Å². The highest BCUT2D eigenvalue weighted by atomic mass is 16.5.